The lowest BCUT2D eigenvalue weighted by molar-refractivity contribution is 0.0887. The molecule has 0 spiro atoms. The lowest BCUT2D eigenvalue weighted by Crippen LogP contribution is -2.47. The summed E-state index contributed by atoms with van der Waals surface area (Å²) in [6.45, 7) is 3.91. The first kappa shape index (κ1) is 20.9. The molecule has 1 atom stereocenters. The minimum atomic E-state index is -0.787. The highest BCUT2D eigenvalue weighted by Gasteiger charge is 2.18. The van der Waals surface area contributed by atoms with Gasteiger partial charge in [-0.2, -0.15) is 0 Å². The van der Waals surface area contributed by atoms with Crippen LogP contribution in [0.1, 0.15) is 24.2 Å². The van der Waals surface area contributed by atoms with Crippen molar-refractivity contribution in [2.24, 2.45) is 0 Å². The minimum absolute atomic E-state index is 0.0200. The lowest BCUT2D eigenvalue weighted by atomic mass is 10.1. The number of benzene rings is 2. The molecule has 0 radical (unpaired) electrons. The first-order valence-corrected chi connectivity index (χ1v) is 9.53. The Hall–Kier alpha value is -2.87. The number of β-amino-alcohol motifs (C(OH)–C–C–N with tert-alkyl or cyclic N) is 1. The molecular weight excluding hydrogens is 370 g/mol. The number of carbonyl (C=O) groups is 1. The van der Waals surface area contributed by atoms with Crippen LogP contribution in [0.5, 0.6) is 5.75 Å². The predicted octanol–water partition coefficient (Wildman–Crippen LogP) is 2.52. The number of fused-ring (bicyclic) bond motifs is 1. The summed E-state index contributed by atoms with van der Waals surface area (Å²) in [6.07, 6.45) is 1.04. The predicted molar refractivity (Wildman–Crippen MR) is 113 cm³/mol. The molecule has 3 rings (SSSR count). The highest BCUT2D eigenvalue weighted by molar-refractivity contribution is 6.10. The topological polar surface area (TPSA) is 107 Å². The maximum Gasteiger partial charge on any atom is 0.259 e. The molecule has 29 heavy (non-hydrogen) atoms. The second-order valence-electron chi connectivity index (χ2n) is 7.58. The highest BCUT2D eigenvalue weighted by atomic mass is 16.5. The maximum atomic E-state index is 12.8. The molecule has 154 valence electrons. The molecule has 0 aliphatic carbocycles. The van der Waals surface area contributed by atoms with Crippen molar-refractivity contribution in [2.75, 3.05) is 25.1 Å². The van der Waals surface area contributed by atoms with Crippen molar-refractivity contribution < 1.29 is 19.7 Å². The largest absolute Gasteiger partial charge is 0.490 e. The van der Waals surface area contributed by atoms with Crippen molar-refractivity contribution in [2.45, 2.75) is 25.5 Å². The van der Waals surface area contributed by atoms with E-state index in [0.29, 0.717) is 17.0 Å². The van der Waals surface area contributed by atoms with Crippen LogP contribution in [0.15, 0.2) is 54.7 Å². The zero-order chi connectivity index (χ0) is 20.9. The van der Waals surface area contributed by atoms with Gasteiger partial charge in [-0.1, -0.05) is 18.2 Å². The highest BCUT2D eigenvalue weighted by Crippen LogP contribution is 2.25. The fourth-order valence-electron chi connectivity index (χ4n) is 2.86. The molecule has 7 heteroatoms. The number of nitrogens with one attached hydrogen (secondary N) is 3. The summed E-state index contributed by atoms with van der Waals surface area (Å²) in [4.78, 5) is 16.0. The van der Waals surface area contributed by atoms with E-state index in [9.17, 15) is 15.0 Å². The number of ether oxygens (including phenoxy) is 1. The van der Waals surface area contributed by atoms with Crippen LogP contribution in [0, 0.1) is 0 Å². The number of anilines is 1. The van der Waals surface area contributed by atoms with Crippen molar-refractivity contribution in [3.63, 3.8) is 0 Å². The van der Waals surface area contributed by atoms with E-state index < -0.39 is 11.6 Å². The molecule has 1 aromatic heterocycles. The fraction of sp³-hybridized carbons (Fsp3) is 0.318. The van der Waals surface area contributed by atoms with E-state index in [0.717, 1.165) is 10.9 Å². The molecule has 1 heterocycles. The second-order valence-corrected chi connectivity index (χ2v) is 7.58. The van der Waals surface area contributed by atoms with E-state index in [1.165, 1.54) is 0 Å². The fourth-order valence-corrected chi connectivity index (χ4v) is 2.86. The zero-order valence-corrected chi connectivity index (χ0v) is 16.6. The van der Waals surface area contributed by atoms with Crippen molar-refractivity contribution in [1.29, 1.82) is 0 Å². The van der Waals surface area contributed by atoms with Gasteiger partial charge in [0.2, 0.25) is 0 Å². The molecule has 0 aliphatic heterocycles. The summed E-state index contributed by atoms with van der Waals surface area (Å²) < 4.78 is 5.71. The Labute approximate surface area is 169 Å². The molecule has 7 nitrogen and oxygen atoms in total. The SMILES string of the molecule is CC(C)(CO)NCC(O)COc1ccccc1C(=O)Nc1cccc2[nH]ccc12. The van der Waals surface area contributed by atoms with Crippen LogP contribution in [-0.4, -0.2) is 52.5 Å². The average molecular weight is 397 g/mol. The number of para-hydroxylation sites is 1. The van der Waals surface area contributed by atoms with Crippen LogP contribution in [0.2, 0.25) is 0 Å². The molecule has 0 aliphatic rings. The van der Waals surface area contributed by atoms with Crippen LogP contribution in [0.4, 0.5) is 5.69 Å². The van der Waals surface area contributed by atoms with Crippen molar-refractivity contribution in [3.8, 4) is 5.75 Å². The molecule has 5 N–H and O–H groups in total. The van der Waals surface area contributed by atoms with Crippen LogP contribution in [0.3, 0.4) is 0 Å². The molecular formula is C22H27N3O4. The second kappa shape index (κ2) is 9.09. The lowest BCUT2D eigenvalue weighted by Gasteiger charge is -2.25. The monoisotopic (exact) mass is 397 g/mol. The smallest absolute Gasteiger partial charge is 0.259 e. The number of aliphatic hydroxyl groups is 2. The van der Waals surface area contributed by atoms with Gasteiger partial charge in [0.1, 0.15) is 18.5 Å². The molecule has 0 bridgehead atoms. The molecule has 3 aromatic rings. The van der Waals surface area contributed by atoms with E-state index in [1.807, 2.05) is 44.3 Å². The van der Waals surface area contributed by atoms with Gasteiger partial charge in [-0.25, -0.2) is 0 Å². The number of aromatic amines is 1. The Bertz CT molecular complexity index is 967. The van der Waals surface area contributed by atoms with E-state index in [4.69, 9.17) is 4.74 Å². The maximum absolute atomic E-state index is 12.8. The molecule has 2 aromatic carbocycles. The molecule has 0 saturated heterocycles. The first-order valence-electron chi connectivity index (χ1n) is 9.53. The van der Waals surface area contributed by atoms with Gasteiger partial charge in [0, 0.05) is 29.2 Å². The van der Waals surface area contributed by atoms with Gasteiger partial charge in [0.25, 0.3) is 5.91 Å². The van der Waals surface area contributed by atoms with E-state index in [2.05, 4.69) is 15.6 Å². The van der Waals surface area contributed by atoms with Gasteiger partial charge in [0.05, 0.1) is 17.9 Å². The van der Waals surface area contributed by atoms with Crippen LogP contribution < -0.4 is 15.4 Å². The Kier molecular flexibility index (Phi) is 6.53. The van der Waals surface area contributed by atoms with Crippen LogP contribution in [0.25, 0.3) is 10.9 Å². The van der Waals surface area contributed by atoms with Gasteiger partial charge in [-0.3, -0.25) is 4.79 Å². The Balaban J connectivity index is 1.65. The summed E-state index contributed by atoms with van der Waals surface area (Å²) in [5.74, 6) is 0.107. The number of carbonyl (C=O) groups excluding carboxylic acids is 1. The third kappa shape index (κ3) is 5.35. The van der Waals surface area contributed by atoms with Gasteiger partial charge in [-0.05, 0) is 44.2 Å². The van der Waals surface area contributed by atoms with Gasteiger partial charge < -0.3 is 30.6 Å². The summed E-state index contributed by atoms with van der Waals surface area (Å²) in [7, 11) is 0. The summed E-state index contributed by atoms with van der Waals surface area (Å²) >= 11 is 0. The quantitative estimate of drug-likeness (QED) is 0.381. The van der Waals surface area contributed by atoms with Gasteiger partial charge in [-0.15, -0.1) is 0 Å². The Morgan fingerprint density at radius 1 is 1.17 bits per heavy atom. The summed E-state index contributed by atoms with van der Waals surface area (Å²) in [5.41, 5.74) is 1.54. The standard InChI is InChI=1S/C22H27N3O4/c1-22(2,14-26)24-12-15(27)13-29-20-9-4-3-6-17(20)21(28)25-19-8-5-7-18-16(19)10-11-23-18/h3-11,15,23-24,26-27H,12-14H2,1-2H3,(H,25,28). The van der Waals surface area contributed by atoms with Crippen LogP contribution in [-0.2, 0) is 0 Å². The van der Waals surface area contributed by atoms with Crippen LogP contribution >= 0.6 is 0 Å². The van der Waals surface area contributed by atoms with Crippen molar-refractivity contribution >= 4 is 22.5 Å². The van der Waals surface area contributed by atoms with E-state index in [1.54, 1.807) is 24.3 Å². The van der Waals surface area contributed by atoms with Crippen molar-refractivity contribution in [1.82, 2.24) is 10.3 Å². The summed E-state index contributed by atoms with van der Waals surface area (Å²) in [5, 5.41) is 26.3. The normalized spacial score (nSPS) is 12.7. The zero-order valence-electron chi connectivity index (χ0n) is 16.6. The number of aromatic nitrogens is 1. The minimum Gasteiger partial charge on any atom is -0.490 e. The molecule has 1 amide bonds. The molecule has 0 fully saturated rings. The van der Waals surface area contributed by atoms with Gasteiger partial charge in [0.15, 0.2) is 0 Å². The first-order chi connectivity index (χ1) is 13.9. The number of amides is 1. The number of aliphatic hydroxyl groups excluding tert-OH is 2. The van der Waals surface area contributed by atoms with E-state index >= 15 is 0 Å². The Morgan fingerprint density at radius 2 is 1.97 bits per heavy atom. The van der Waals surface area contributed by atoms with Crippen molar-refractivity contribution in [3.05, 3.63) is 60.3 Å². The average Bonchev–Trinajstić information content (AvgIpc) is 3.21. The molecule has 0 saturated carbocycles. The molecule has 1 unspecified atom stereocenters. The number of hydrogen-bond acceptors (Lipinski definition) is 5. The number of H-pyrrole nitrogens is 1. The third-order valence-corrected chi connectivity index (χ3v) is 4.62. The van der Waals surface area contributed by atoms with Gasteiger partial charge >= 0.3 is 0 Å². The summed E-state index contributed by atoms with van der Waals surface area (Å²) in [6, 6.07) is 14.5. The Morgan fingerprint density at radius 3 is 2.76 bits per heavy atom. The number of rotatable bonds is 9. The third-order valence-electron chi connectivity index (χ3n) is 4.62. The van der Waals surface area contributed by atoms with E-state index in [-0.39, 0.29) is 25.7 Å². The number of hydrogen-bond donors (Lipinski definition) is 5.